The first-order chi connectivity index (χ1) is 13.1. The van der Waals surface area contributed by atoms with Gasteiger partial charge in [-0.3, -0.25) is 5.10 Å². The van der Waals surface area contributed by atoms with E-state index >= 15 is 0 Å². The number of nitrogens with zero attached hydrogens (tertiary/aromatic N) is 3. The third-order valence-electron chi connectivity index (χ3n) is 4.22. The van der Waals surface area contributed by atoms with Gasteiger partial charge in [0.05, 0.1) is 5.52 Å². The van der Waals surface area contributed by atoms with Crippen LogP contribution < -0.4 is 5.32 Å². The van der Waals surface area contributed by atoms with Crippen LogP contribution >= 0.6 is 0 Å². The molecule has 0 aliphatic carbocycles. The maximum Gasteiger partial charge on any atom is 0.164 e. The Morgan fingerprint density at radius 3 is 2.56 bits per heavy atom. The van der Waals surface area contributed by atoms with Crippen LogP contribution in [0.3, 0.4) is 0 Å². The Morgan fingerprint density at radius 1 is 1.07 bits per heavy atom. The first-order valence-electron chi connectivity index (χ1n) is 8.48. The van der Waals surface area contributed by atoms with Crippen molar-refractivity contribution >= 4 is 22.5 Å². The van der Waals surface area contributed by atoms with Crippen molar-refractivity contribution in [2.45, 2.75) is 13.0 Å². The number of hydrogen-bond donors (Lipinski definition) is 2. The Labute approximate surface area is 155 Å². The van der Waals surface area contributed by atoms with Gasteiger partial charge in [-0.05, 0) is 36.8 Å². The van der Waals surface area contributed by atoms with Gasteiger partial charge in [-0.25, -0.2) is 14.4 Å². The van der Waals surface area contributed by atoms with Crippen LogP contribution in [-0.2, 0) is 4.74 Å². The molecule has 4 aromatic rings. The number of hydrogen-bond acceptors (Lipinski definition) is 5. The molecule has 2 aromatic heterocycles. The minimum atomic E-state index is -0.517. The summed E-state index contributed by atoms with van der Waals surface area (Å²) in [6.07, 6.45) is -0.517. The fourth-order valence-electron chi connectivity index (χ4n) is 2.94. The van der Waals surface area contributed by atoms with E-state index in [0.29, 0.717) is 17.5 Å². The van der Waals surface area contributed by atoms with Crippen molar-refractivity contribution in [3.63, 3.8) is 0 Å². The molecule has 27 heavy (non-hydrogen) atoms. The number of aromatic amines is 1. The summed E-state index contributed by atoms with van der Waals surface area (Å²) >= 11 is 0. The van der Waals surface area contributed by atoms with Crippen LogP contribution in [0.1, 0.15) is 23.2 Å². The highest BCUT2D eigenvalue weighted by atomic mass is 19.1. The van der Waals surface area contributed by atoms with Gasteiger partial charge in [0, 0.05) is 24.3 Å². The van der Waals surface area contributed by atoms with E-state index in [0.717, 1.165) is 22.2 Å². The SMILES string of the molecule is CO[C@H](c1ccc(F)cc1)c1nc(Nc2cc(C)[nH]n2)c2ccccc2n1. The number of H-pyrrole nitrogens is 1. The molecule has 2 N–H and O–H groups in total. The molecule has 0 bridgehead atoms. The van der Waals surface area contributed by atoms with Gasteiger partial charge >= 0.3 is 0 Å². The molecule has 0 fully saturated rings. The van der Waals surface area contributed by atoms with E-state index in [-0.39, 0.29) is 5.82 Å². The largest absolute Gasteiger partial charge is 0.369 e. The fraction of sp³-hybridized carbons (Fsp3) is 0.150. The van der Waals surface area contributed by atoms with Gasteiger partial charge in [-0.15, -0.1) is 0 Å². The van der Waals surface area contributed by atoms with Gasteiger partial charge in [0.25, 0.3) is 0 Å². The molecule has 0 radical (unpaired) electrons. The average Bonchev–Trinajstić information content (AvgIpc) is 3.09. The van der Waals surface area contributed by atoms with E-state index in [1.165, 1.54) is 12.1 Å². The van der Waals surface area contributed by atoms with E-state index in [2.05, 4.69) is 25.5 Å². The standard InChI is InChI=1S/C20H18FN5O/c1-12-11-17(26-25-12)23-19-15-5-3-4-6-16(15)22-20(24-19)18(27-2)13-7-9-14(21)10-8-13/h3-11,18H,1-2H3,(H2,22,23,24,25,26)/t18-/m1/s1. The number of rotatable bonds is 5. The molecule has 2 aromatic carbocycles. The number of nitrogens with one attached hydrogen (secondary N) is 2. The van der Waals surface area contributed by atoms with Crippen molar-refractivity contribution in [1.82, 2.24) is 20.2 Å². The Bertz CT molecular complexity index is 1080. The number of halogens is 1. The summed E-state index contributed by atoms with van der Waals surface area (Å²) in [5.74, 6) is 1.48. The molecule has 6 nitrogen and oxygen atoms in total. The van der Waals surface area contributed by atoms with E-state index < -0.39 is 6.10 Å². The van der Waals surface area contributed by atoms with Crippen molar-refractivity contribution in [3.8, 4) is 0 Å². The number of anilines is 2. The molecule has 0 saturated carbocycles. The summed E-state index contributed by atoms with van der Waals surface area (Å²) in [4.78, 5) is 9.34. The molecule has 0 amide bonds. The summed E-state index contributed by atoms with van der Waals surface area (Å²) < 4.78 is 18.9. The number of aryl methyl sites for hydroxylation is 1. The first kappa shape index (κ1) is 17.1. The van der Waals surface area contributed by atoms with E-state index in [1.54, 1.807) is 19.2 Å². The van der Waals surface area contributed by atoms with E-state index in [9.17, 15) is 4.39 Å². The molecule has 0 aliphatic heterocycles. The predicted molar refractivity (Wildman–Crippen MR) is 101 cm³/mol. The minimum Gasteiger partial charge on any atom is -0.369 e. The molecule has 136 valence electrons. The summed E-state index contributed by atoms with van der Waals surface area (Å²) in [6.45, 7) is 1.93. The van der Waals surface area contributed by atoms with Crippen molar-refractivity contribution < 1.29 is 9.13 Å². The Balaban J connectivity index is 1.81. The summed E-state index contributed by atoms with van der Waals surface area (Å²) in [6, 6.07) is 15.7. The molecule has 7 heteroatoms. The number of aromatic nitrogens is 4. The van der Waals surface area contributed by atoms with Gasteiger partial charge in [-0.1, -0.05) is 24.3 Å². The van der Waals surface area contributed by atoms with Gasteiger partial charge in [-0.2, -0.15) is 5.10 Å². The maximum atomic E-state index is 13.3. The minimum absolute atomic E-state index is 0.302. The number of para-hydroxylation sites is 1. The van der Waals surface area contributed by atoms with Gasteiger partial charge in [0.2, 0.25) is 0 Å². The smallest absolute Gasteiger partial charge is 0.164 e. The lowest BCUT2D eigenvalue weighted by Crippen LogP contribution is -2.10. The lowest BCUT2D eigenvalue weighted by atomic mass is 10.1. The molecule has 0 saturated heterocycles. The monoisotopic (exact) mass is 363 g/mol. The molecule has 4 rings (SSSR count). The molecular formula is C20H18FN5O. The van der Waals surface area contributed by atoms with Crippen molar-refractivity contribution in [1.29, 1.82) is 0 Å². The summed E-state index contributed by atoms with van der Waals surface area (Å²) in [5, 5.41) is 11.2. The van der Waals surface area contributed by atoms with Gasteiger partial charge < -0.3 is 10.1 Å². The van der Waals surface area contributed by atoms with Crippen molar-refractivity contribution in [3.05, 3.63) is 77.5 Å². The quantitative estimate of drug-likeness (QED) is 0.553. The molecule has 1 atom stereocenters. The highest BCUT2D eigenvalue weighted by Crippen LogP contribution is 2.29. The predicted octanol–water partition coefficient (Wildman–Crippen LogP) is 4.28. The van der Waals surface area contributed by atoms with Crippen LogP contribution in [0.2, 0.25) is 0 Å². The number of benzene rings is 2. The van der Waals surface area contributed by atoms with Gasteiger partial charge in [0.15, 0.2) is 11.6 Å². The first-order valence-corrected chi connectivity index (χ1v) is 8.48. The number of ether oxygens (including phenoxy) is 1. The van der Waals surface area contributed by atoms with Crippen LogP contribution in [0, 0.1) is 12.7 Å². The molecular weight excluding hydrogens is 345 g/mol. The van der Waals surface area contributed by atoms with Crippen LogP contribution in [0.4, 0.5) is 16.0 Å². The second-order valence-electron chi connectivity index (χ2n) is 6.18. The average molecular weight is 363 g/mol. The topological polar surface area (TPSA) is 75.7 Å². The van der Waals surface area contributed by atoms with Crippen LogP contribution in [0.5, 0.6) is 0 Å². The fourth-order valence-corrected chi connectivity index (χ4v) is 2.94. The second-order valence-corrected chi connectivity index (χ2v) is 6.18. The lowest BCUT2D eigenvalue weighted by Gasteiger charge is -2.17. The highest BCUT2D eigenvalue weighted by molar-refractivity contribution is 5.90. The summed E-state index contributed by atoms with van der Waals surface area (Å²) in [5.41, 5.74) is 2.49. The van der Waals surface area contributed by atoms with E-state index in [4.69, 9.17) is 4.74 Å². The van der Waals surface area contributed by atoms with Crippen molar-refractivity contribution in [2.75, 3.05) is 12.4 Å². The molecule has 0 aliphatic rings. The van der Waals surface area contributed by atoms with Gasteiger partial charge in [0.1, 0.15) is 17.7 Å². The number of methoxy groups -OCH3 is 1. The molecule has 0 unspecified atom stereocenters. The zero-order valence-corrected chi connectivity index (χ0v) is 14.9. The highest BCUT2D eigenvalue weighted by Gasteiger charge is 2.19. The van der Waals surface area contributed by atoms with Crippen LogP contribution in [0.25, 0.3) is 10.9 Å². The van der Waals surface area contributed by atoms with E-state index in [1.807, 2.05) is 37.3 Å². The zero-order valence-electron chi connectivity index (χ0n) is 14.9. The zero-order chi connectivity index (χ0) is 18.8. The third kappa shape index (κ3) is 3.50. The third-order valence-corrected chi connectivity index (χ3v) is 4.22. The van der Waals surface area contributed by atoms with Crippen LogP contribution in [0.15, 0.2) is 54.6 Å². The maximum absolute atomic E-state index is 13.3. The van der Waals surface area contributed by atoms with Crippen molar-refractivity contribution in [2.24, 2.45) is 0 Å². The summed E-state index contributed by atoms with van der Waals surface area (Å²) in [7, 11) is 1.58. The molecule has 0 spiro atoms. The molecule has 2 heterocycles. The van der Waals surface area contributed by atoms with Crippen LogP contribution in [-0.4, -0.2) is 27.3 Å². The lowest BCUT2D eigenvalue weighted by molar-refractivity contribution is 0.129. The Kier molecular flexibility index (Phi) is 4.52. The number of fused-ring (bicyclic) bond motifs is 1. The Morgan fingerprint density at radius 2 is 1.85 bits per heavy atom. The Hall–Kier alpha value is -3.32. The second kappa shape index (κ2) is 7.13. The normalized spacial score (nSPS) is 12.3.